The maximum atomic E-state index is 6.34. The van der Waals surface area contributed by atoms with Gasteiger partial charge in [-0.3, -0.25) is 9.88 Å². The summed E-state index contributed by atoms with van der Waals surface area (Å²) >= 11 is 6.34. The molecule has 2 aliphatic rings. The Kier molecular flexibility index (Phi) is 4.03. The molecule has 0 saturated carbocycles. The zero-order valence-corrected chi connectivity index (χ0v) is 15.3. The van der Waals surface area contributed by atoms with E-state index in [1.165, 1.54) is 28.9 Å². The molecule has 3 heterocycles. The molecule has 132 valence electrons. The number of H-pyrrole nitrogens is 1. The Morgan fingerprint density at radius 2 is 2.04 bits per heavy atom. The number of aromatic nitrogens is 3. The zero-order chi connectivity index (χ0) is 17.5. The molecule has 5 rings (SSSR count). The van der Waals surface area contributed by atoms with E-state index in [0.717, 1.165) is 48.8 Å². The van der Waals surface area contributed by atoms with Gasteiger partial charge < -0.3 is 4.98 Å². The Morgan fingerprint density at radius 1 is 1.12 bits per heavy atom. The van der Waals surface area contributed by atoms with Gasteiger partial charge in [-0.25, -0.2) is 4.98 Å². The fourth-order valence-corrected chi connectivity index (χ4v) is 4.51. The molecule has 1 unspecified atom stereocenters. The molecule has 2 aromatic heterocycles. The third-order valence-electron chi connectivity index (χ3n) is 5.71. The minimum Gasteiger partial charge on any atom is -0.340 e. The summed E-state index contributed by atoms with van der Waals surface area (Å²) in [6, 6.07) is 10.7. The lowest BCUT2D eigenvalue weighted by atomic mass is 9.88. The van der Waals surface area contributed by atoms with E-state index in [1.807, 2.05) is 36.7 Å². The second-order valence-corrected chi connectivity index (χ2v) is 7.66. The first kappa shape index (κ1) is 16.0. The summed E-state index contributed by atoms with van der Waals surface area (Å²) in [5.41, 5.74) is 6.29. The summed E-state index contributed by atoms with van der Waals surface area (Å²) < 4.78 is 0. The lowest BCUT2D eigenvalue weighted by Crippen LogP contribution is -2.42. The van der Waals surface area contributed by atoms with E-state index in [4.69, 9.17) is 16.6 Å². The van der Waals surface area contributed by atoms with Crippen LogP contribution in [0.25, 0.3) is 11.4 Å². The maximum Gasteiger partial charge on any atom is 0.139 e. The van der Waals surface area contributed by atoms with Crippen molar-refractivity contribution < 1.29 is 0 Å². The first-order valence-corrected chi connectivity index (χ1v) is 9.64. The van der Waals surface area contributed by atoms with Crippen LogP contribution in [0.5, 0.6) is 0 Å². The average Bonchev–Trinajstić information content (AvgIpc) is 3.11. The molecule has 0 amide bonds. The number of nitrogens with one attached hydrogen (secondary N) is 1. The van der Waals surface area contributed by atoms with Gasteiger partial charge in [-0.1, -0.05) is 23.7 Å². The second-order valence-electron chi connectivity index (χ2n) is 7.25. The second kappa shape index (κ2) is 6.53. The lowest BCUT2D eigenvalue weighted by Gasteiger charge is -2.36. The van der Waals surface area contributed by atoms with E-state index in [1.54, 1.807) is 0 Å². The molecule has 1 atom stereocenters. The Morgan fingerprint density at radius 3 is 2.96 bits per heavy atom. The van der Waals surface area contributed by atoms with Crippen molar-refractivity contribution in [2.24, 2.45) is 0 Å². The monoisotopic (exact) mass is 364 g/mol. The normalized spacial score (nSPS) is 19.8. The number of hydrogen-bond donors (Lipinski definition) is 1. The van der Waals surface area contributed by atoms with Crippen LogP contribution in [0, 0.1) is 0 Å². The quantitative estimate of drug-likeness (QED) is 0.746. The van der Waals surface area contributed by atoms with Crippen molar-refractivity contribution in [2.75, 3.05) is 6.54 Å². The molecule has 26 heavy (non-hydrogen) atoms. The number of aromatic amines is 1. The van der Waals surface area contributed by atoms with Gasteiger partial charge in [-0.05, 0) is 48.6 Å². The van der Waals surface area contributed by atoms with Crippen molar-refractivity contribution in [3.8, 4) is 11.4 Å². The summed E-state index contributed by atoms with van der Waals surface area (Å²) in [4.78, 5) is 15.3. The van der Waals surface area contributed by atoms with Crippen molar-refractivity contribution >= 4 is 11.6 Å². The molecule has 0 radical (unpaired) electrons. The molecule has 0 bridgehead atoms. The summed E-state index contributed by atoms with van der Waals surface area (Å²) in [7, 11) is 0. The summed E-state index contributed by atoms with van der Waals surface area (Å²) in [5.74, 6) is 0.889. The van der Waals surface area contributed by atoms with E-state index < -0.39 is 0 Å². The third-order valence-corrected chi connectivity index (χ3v) is 6.04. The van der Waals surface area contributed by atoms with Crippen molar-refractivity contribution in [1.29, 1.82) is 0 Å². The number of nitrogens with zero attached hydrogens (tertiary/aromatic N) is 3. The summed E-state index contributed by atoms with van der Waals surface area (Å²) in [6.07, 6.45) is 8.42. The Bertz CT molecular complexity index is 949. The van der Waals surface area contributed by atoms with Crippen LogP contribution in [-0.4, -0.2) is 32.4 Å². The topological polar surface area (TPSA) is 44.8 Å². The van der Waals surface area contributed by atoms with Gasteiger partial charge in [0, 0.05) is 43.5 Å². The fraction of sp³-hybridized carbons (Fsp3) is 0.333. The van der Waals surface area contributed by atoms with E-state index in [0.29, 0.717) is 6.04 Å². The molecule has 3 aromatic rings. The van der Waals surface area contributed by atoms with E-state index in [9.17, 15) is 0 Å². The van der Waals surface area contributed by atoms with Crippen molar-refractivity contribution in [2.45, 2.75) is 38.3 Å². The molecular weight excluding hydrogens is 344 g/mol. The Hall–Kier alpha value is -2.17. The third kappa shape index (κ3) is 2.83. The molecule has 0 saturated heterocycles. The molecule has 1 aliphatic carbocycles. The number of aryl methyl sites for hydroxylation is 1. The van der Waals surface area contributed by atoms with Gasteiger partial charge in [0.25, 0.3) is 0 Å². The van der Waals surface area contributed by atoms with Crippen LogP contribution in [-0.2, 0) is 25.8 Å². The van der Waals surface area contributed by atoms with Crippen LogP contribution in [0.15, 0.2) is 42.7 Å². The smallest absolute Gasteiger partial charge is 0.139 e. The highest BCUT2D eigenvalue weighted by Crippen LogP contribution is 2.30. The molecule has 1 N–H and O–H groups in total. The Balaban J connectivity index is 1.37. The minimum atomic E-state index is 0.590. The van der Waals surface area contributed by atoms with Crippen molar-refractivity contribution in [1.82, 2.24) is 19.9 Å². The lowest BCUT2D eigenvalue weighted by molar-refractivity contribution is 0.160. The zero-order valence-electron chi connectivity index (χ0n) is 14.6. The molecule has 1 aromatic carbocycles. The van der Waals surface area contributed by atoms with Gasteiger partial charge in [0.15, 0.2) is 0 Å². The summed E-state index contributed by atoms with van der Waals surface area (Å²) in [5, 5.41) is 0.742. The van der Waals surface area contributed by atoms with Crippen molar-refractivity contribution in [3.05, 3.63) is 70.3 Å². The van der Waals surface area contributed by atoms with E-state index in [2.05, 4.69) is 20.9 Å². The highest BCUT2D eigenvalue weighted by atomic mass is 35.5. The van der Waals surface area contributed by atoms with Gasteiger partial charge in [0.2, 0.25) is 0 Å². The maximum absolute atomic E-state index is 6.34. The minimum absolute atomic E-state index is 0.590. The standard InChI is InChI=1S/C21H21ClN4/c22-18-4-2-1-3-17(18)21-24-19-8-10-26(13-20(19)25-21)16-6-5-14-7-9-23-12-15(14)11-16/h1-4,7,9,12,16H,5-6,8,10-11,13H2,(H,24,25). The van der Waals surface area contributed by atoms with Crippen LogP contribution < -0.4 is 0 Å². The van der Waals surface area contributed by atoms with Crippen molar-refractivity contribution in [3.63, 3.8) is 0 Å². The number of halogens is 1. The van der Waals surface area contributed by atoms with Crippen LogP contribution in [0.4, 0.5) is 0 Å². The fourth-order valence-electron chi connectivity index (χ4n) is 4.28. The number of pyridine rings is 1. The predicted molar refractivity (Wildman–Crippen MR) is 103 cm³/mol. The molecule has 1 aliphatic heterocycles. The van der Waals surface area contributed by atoms with Crippen LogP contribution in [0.2, 0.25) is 5.02 Å². The average molecular weight is 365 g/mol. The Labute approximate surface area is 158 Å². The number of rotatable bonds is 2. The van der Waals surface area contributed by atoms with Gasteiger partial charge >= 0.3 is 0 Å². The van der Waals surface area contributed by atoms with Gasteiger partial charge in [0.05, 0.1) is 16.4 Å². The van der Waals surface area contributed by atoms with E-state index >= 15 is 0 Å². The highest BCUT2D eigenvalue weighted by Gasteiger charge is 2.29. The van der Waals surface area contributed by atoms with Gasteiger partial charge in [-0.15, -0.1) is 0 Å². The molecule has 4 nitrogen and oxygen atoms in total. The number of hydrogen-bond acceptors (Lipinski definition) is 3. The molecule has 0 spiro atoms. The number of imidazole rings is 1. The summed E-state index contributed by atoms with van der Waals surface area (Å²) in [6.45, 7) is 2.01. The first-order valence-electron chi connectivity index (χ1n) is 9.26. The van der Waals surface area contributed by atoms with E-state index in [-0.39, 0.29) is 0 Å². The van der Waals surface area contributed by atoms with Gasteiger partial charge in [0.1, 0.15) is 5.82 Å². The molecular formula is C21H21ClN4. The SMILES string of the molecule is Clc1ccccc1-c1nc2c([nH]1)CN(C1CCc3ccncc3C1)CC2. The molecule has 5 heteroatoms. The first-order chi connectivity index (χ1) is 12.8. The van der Waals surface area contributed by atoms with Crippen LogP contribution in [0.1, 0.15) is 28.9 Å². The van der Waals surface area contributed by atoms with Gasteiger partial charge in [-0.2, -0.15) is 0 Å². The largest absolute Gasteiger partial charge is 0.340 e. The predicted octanol–water partition coefficient (Wildman–Crippen LogP) is 4.04. The number of benzene rings is 1. The van der Waals surface area contributed by atoms with Crippen LogP contribution in [0.3, 0.4) is 0 Å². The number of fused-ring (bicyclic) bond motifs is 2. The molecule has 0 fully saturated rings. The van der Waals surface area contributed by atoms with Crippen LogP contribution >= 0.6 is 11.6 Å². The highest BCUT2D eigenvalue weighted by molar-refractivity contribution is 6.33.